The molecule has 21 heavy (non-hydrogen) atoms. The monoisotopic (exact) mass is 292 g/mol. The molecule has 4 heteroatoms. The van der Waals surface area contributed by atoms with Crippen LogP contribution in [0.5, 0.6) is 0 Å². The van der Waals surface area contributed by atoms with E-state index in [4.69, 9.17) is 5.73 Å². The van der Waals surface area contributed by atoms with Crippen LogP contribution in [0.25, 0.3) is 0 Å². The highest BCUT2D eigenvalue weighted by atomic mass is 16.3. The number of carbonyl (C=O) groups excluding carboxylic acids is 1. The molecular formula is C17H28N2O2. The molecule has 118 valence electrons. The van der Waals surface area contributed by atoms with Crippen molar-refractivity contribution < 1.29 is 9.90 Å². The van der Waals surface area contributed by atoms with Crippen molar-refractivity contribution in [1.29, 1.82) is 0 Å². The highest BCUT2D eigenvalue weighted by molar-refractivity contribution is 5.81. The molecule has 1 amide bonds. The zero-order chi connectivity index (χ0) is 15.8. The molecule has 0 aliphatic heterocycles. The highest BCUT2D eigenvalue weighted by Gasteiger charge is 2.25. The van der Waals surface area contributed by atoms with E-state index in [1.54, 1.807) is 0 Å². The number of aliphatic hydroxyl groups excluding tert-OH is 1. The summed E-state index contributed by atoms with van der Waals surface area (Å²) in [7, 11) is 0. The number of nitrogens with one attached hydrogen (secondary N) is 1. The molecule has 4 nitrogen and oxygen atoms in total. The van der Waals surface area contributed by atoms with Crippen molar-refractivity contribution in [2.24, 2.45) is 11.7 Å². The van der Waals surface area contributed by atoms with E-state index in [-0.39, 0.29) is 11.9 Å². The van der Waals surface area contributed by atoms with Gasteiger partial charge in [0.1, 0.15) is 6.10 Å². The Morgan fingerprint density at radius 2 is 1.90 bits per heavy atom. The van der Waals surface area contributed by atoms with Gasteiger partial charge in [0.25, 0.3) is 5.91 Å². The summed E-state index contributed by atoms with van der Waals surface area (Å²) in [5.41, 5.74) is 6.98. The average Bonchev–Trinajstić information content (AvgIpc) is 2.46. The van der Waals surface area contributed by atoms with E-state index in [9.17, 15) is 9.90 Å². The SMILES string of the molecule is CC[C@@H](CC(C)C)NC(=O)[C@H](O)[C@@H](N)Cc1ccccc1. The maximum atomic E-state index is 12.1. The minimum Gasteiger partial charge on any atom is -0.382 e. The second-order valence-electron chi connectivity index (χ2n) is 6.04. The topological polar surface area (TPSA) is 75.3 Å². The Bertz CT molecular complexity index is 420. The third kappa shape index (κ3) is 6.27. The molecule has 0 bridgehead atoms. The Morgan fingerprint density at radius 1 is 1.29 bits per heavy atom. The van der Waals surface area contributed by atoms with Crippen LogP contribution in [0.15, 0.2) is 30.3 Å². The van der Waals surface area contributed by atoms with Gasteiger partial charge in [-0.15, -0.1) is 0 Å². The van der Waals surface area contributed by atoms with E-state index >= 15 is 0 Å². The predicted molar refractivity (Wildman–Crippen MR) is 85.8 cm³/mol. The number of hydrogen-bond donors (Lipinski definition) is 3. The van der Waals surface area contributed by atoms with Crippen LogP contribution in [0, 0.1) is 5.92 Å². The van der Waals surface area contributed by atoms with Gasteiger partial charge in [0, 0.05) is 12.1 Å². The number of carbonyl (C=O) groups is 1. The van der Waals surface area contributed by atoms with Gasteiger partial charge in [-0.1, -0.05) is 51.1 Å². The molecule has 4 N–H and O–H groups in total. The number of nitrogens with two attached hydrogens (primary N) is 1. The van der Waals surface area contributed by atoms with Crippen molar-refractivity contribution in [2.75, 3.05) is 0 Å². The number of rotatable bonds is 8. The van der Waals surface area contributed by atoms with Crippen molar-refractivity contribution in [3.63, 3.8) is 0 Å². The second kappa shape index (κ2) is 8.80. The van der Waals surface area contributed by atoms with Crippen LogP contribution >= 0.6 is 0 Å². The standard InChI is InChI=1S/C17H28N2O2/c1-4-14(10-12(2)3)19-17(21)16(20)15(18)11-13-8-6-5-7-9-13/h5-9,12,14-16,20H,4,10-11,18H2,1-3H3,(H,19,21)/t14-,15-,16+/m0/s1. The van der Waals surface area contributed by atoms with Gasteiger partial charge in [0.2, 0.25) is 0 Å². The second-order valence-corrected chi connectivity index (χ2v) is 6.04. The summed E-state index contributed by atoms with van der Waals surface area (Å²) in [5, 5.41) is 13.0. The molecule has 0 unspecified atom stereocenters. The van der Waals surface area contributed by atoms with Gasteiger partial charge in [0.15, 0.2) is 0 Å². The largest absolute Gasteiger partial charge is 0.382 e. The number of hydrogen-bond acceptors (Lipinski definition) is 3. The van der Waals surface area contributed by atoms with Gasteiger partial charge in [-0.2, -0.15) is 0 Å². The summed E-state index contributed by atoms with van der Waals surface area (Å²) in [5.74, 6) is 0.135. The van der Waals surface area contributed by atoms with E-state index in [1.165, 1.54) is 0 Å². The zero-order valence-corrected chi connectivity index (χ0v) is 13.3. The molecule has 1 aromatic rings. The number of benzene rings is 1. The Hall–Kier alpha value is -1.39. The molecule has 1 rings (SSSR count). The lowest BCUT2D eigenvalue weighted by atomic mass is 9.99. The first-order chi connectivity index (χ1) is 9.93. The maximum absolute atomic E-state index is 12.1. The van der Waals surface area contributed by atoms with Gasteiger partial charge in [-0.25, -0.2) is 0 Å². The molecule has 3 atom stereocenters. The molecule has 0 saturated heterocycles. The lowest BCUT2D eigenvalue weighted by molar-refractivity contribution is -0.131. The fourth-order valence-electron chi connectivity index (χ4n) is 2.38. The summed E-state index contributed by atoms with van der Waals surface area (Å²) in [6.07, 6.45) is 1.07. The minimum absolute atomic E-state index is 0.0936. The molecule has 0 saturated carbocycles. The van der Waals surface area contributed by atoms with Crippen LogP contribution in [0.2, 0.25) is 0 Å². The van der Waals surface area contributed by atoms with E-state index in [0.29, 0.717) is 12.3 Å². The van der Waals surface area contributed by atoms with Crippen LogP contribution in [0.3, 0.4) is 0 Å². The Labute approximate surface area is 127 Å². The summed E-state index contributed by atoms with van der Waals surface area (Å²) in [4.78, 5) is 12.1. The fraction of sp³-hybridized carbons (Fsp3) is 0.588. The normalized spacial score (nSPS) is 15.5. The van der Waals surface area contributed by atoms with Gasteiger partial charge in [-0.05, 0) is 30.7 Å². The summed E-state index contributed by atoms with van der Waals surface area (Å²) in [6.45, 7) is 6.27. The van der Waals surface area contributed by atoms with Crippen molar-refractivity contribution >= 4 is 5.91 Å². The van der Waals surface area contributed by atoms with Crippen LogP contribution in [-0.4, -0.2) is 29.2 Å². The summed E-state index contributed by atoms with van der Waals surface area (Å²) < 4.78 is 0. The van der Waals surface area contributed by atoms with Crippen molar-refractivity contribution in [3.8, 4) is 0 Å². The average molecular weight is 292 g/mol. The Balaban J connectivity index is 2.52. The summed E-state index contributed by atoms with van der Waals surface area (Å²) >= 11 is 0. The molecule has 0 spiro atoms. The minimum atomic E-state index is -1.17. The molecule has 0 aromatic heterocycles. The van der Waals surface area contributed by atoms with Gasteiger partial charge in [-0.3, -0.25) is 4.79 Å². The van der Waals surface area contributed by atoms with E-state index in [0.717, 1.165) is 18.4 Å². The lowest BCUT2D eigenvalue weighted by Gasteiger charge is -2.23. The van der Waals surface area contributed by atoms with E-state index in [2.05, 4.69) is 19.2 Å². The molecule has 0 radical (unpaired) electrons. The van der Waals surface area contributed by atoms with Crippen molar-refractivity contribution in [2.45, 2.75) is 58.2 Å². The van der Waals surface area contributed by atoms with E-state index < -0.39 is 12.1 Å². The summed E-state index contributed by atoms with van der Waals surface area (Å²) in [6, 6.07) is 9.15. The first kappa shape index (κ1) is 17.7. The van der Waals surface area contributed by atoms with Crippen molar-refractivity contribution in [3.05, 3.63) is 35.9 Å². The molecular weight excluding hydrogens is 264 g/mol. The third-order valence-corrected chi connectivity index (χ3v) is 3.58. The Kier molecular flexibility index (Phi) is 7.40. The van der Waals surface area contributed by atoms with Crippen LogP contribution in [-0.2, 0) is 11.2 Å². The molecule has 0 aliphatic carbocycles. The quantitative estimate of drug-likeness (QED) is 0.684. The van der Waals surface area contributed by atoms with Gasteiger partial charge < -0.3 is 16.2 Å². The third-order valence-electron chi connectivity index (χ3n) is 3.58. The zero-order valence-electron chi connectivity index (χ0n) is 13.3. The molecule has 0 heterocycles. The highest BCUT2D eigenvalue weighted by Crippen LogP contribution is 2.09. The smallest absolute Gasteiger partial charge is 0.250 e. The lowest BCUT2D eigenvalue weighted by Crippen LogP contribution is -2.50. The molecule has 1 aromatic carbocycles. The van der Waals surface area contributed by atoms with Gasteiger partial charge in [0.05, 0.1) is 0 Å². The first-order valence-corrected chi connectivity index (χ1v) is 7.72. The molecule has 0 fully saturated rings. The maximum Gasteiger partial charge on any atom is 0.250 e. The number of amides is 1. The molecule has 0 aliphatic rings. The fourth-order valence-corrected chi connectivity index (χ4v) is 2.38. The predicted octanol–water partition coefficient (Wildman–Crippen LogP) is 1.86. The first-order valence-electron chi connectivity index (χ1n) is 7.72. The van der Waals surface area contributed by atoms with Crippen molar-refractivity contribution in [1.82, 2.24) is 5.32 Å². The van der Waals surface area contributed by atoms with E-state index in [1.807, 2.05) is 37.3 Å². The van der Waals surface area contributed by atoms with Crippen LogP contribution < -0.4 is 11.1 Å². The van der Waals surface area contributed by atoms with Gasteiger partial charge >= 0.3 is 0 Å². The number of aliphatic hydroxyl groups is 1. The van der Waals surface area contributed by atoms with Crippen LogP contribution in [0.1, 0.15) is 39.2 Å². The van der Waals surface area contributed by atoms with Crippen LogP contribution in [0.4, 0.5) is 0 Å². The Morgan fingerprint density at radius 3 is 2.43 bits per heavy atom.